The number of hydrogen-bond donors (Lipinski definition) is 0. The highest BCUT2D eigenvalue weighted by atomic mass is 16.6. The van der Waals surface area contributed by atoms with Crippen molar-refractivity contribution in [3.8, 4) is 5.75 Å². The van der Waals surface area contributed by atoms with Crippen LogP contribution in [0.4, 0.5) is 5.69 Å². The number of Topliss-reactive ketones (excluding diaryl/α,β-unsaturated/α-hetero) is 2. The number of rotatable bonds is 4. The molecule has 2 aromatic rings. The first-order chi connectivity index (χ1) is 11.5. The van der Waals surface area contributed by atoms with Crippen LogP contribution >= 0.6 is 0 Å². The molecule has 1 aliphatic heterocycles. The van der Waals surface area contributed by atoms with Crippen molar-refractivity contribution in [3.63, 3.8) is 0 Å². The first-order valence-corrected chi connectivity index (χ1v) is 7.62. The van der Waals surface area contributed by atoms with Crippen LogP contribution in [-0.2, 0) is 0 Å². The van der Waals surface area contributed by atoms with Crippen LogP contribution in [0.25, 0.3) is 0 Å². The molecule has 0 unspecified atom stereocenters. The summed E-state index contributed by atoms with van der Waals surface area (Å²) < 4.78 is 5.80. The van der Waals surface area contributed by atoms with Gasteiger partial charge in [-0.05, 0) is 24.6 Å². The van der Waals surface area contributed by atoms with Gasteiger partial charge < -0.3 is 4.74 Å². The van der Waals surface area contributed by atoms with Crippen molar-refractivity contribution >= 4 is 17.3 Å². The first-order valence-electron chi connectivity index (χ1n) is 7.62. The molecule has 6 heteroatoms. The number of benzene rings is 2. The second-order valence-electron chi connectivity index (χ2n) is 5.54. The Hall–Kier alpha value is -3.02. The molecule has 0 radical (unpaired) electrons. The minimum Gasteiger partial charge on any atom is -0.488 e. The van der Waals surface area contributed by atoms with E-state index < -0.39 is 22.7 Å². The third-order valence-corrected chi connectivity index (χ3v) is 4.14. The number of ketones is 2. The van der Waals surface area contributed by atoms with E-state index in [0.717, 1.165) is 0 Å². The van der Waals surface area contributed by atoms with Gasteiger partial charge in [-0.3, -0.25) is 19.7 Å². The highest BCUT2D eigenvalue weighted by molar-refractivity contribution is 6.19. The van der Waals surface area contributed by atoms with Crippen molar-refractivity contribution in [1.82, 2.24) is 0 Å². The SMILES string of the molecule is CC[C@H]1Oc2ccccc2C(=O)[C@@H]1C(=O)c1ccccc1[N+](=O)[O-]. The summed E-state index contributed by atoms with van der Waals surface area (Å²) in [7, 11) is 0. The molecule has 0 amide bonds. The zero-order chi connectivity index (χ0) is 17.3. The van der Waals surface area contributed by atoms with Crippen LogP contribution in [0.2, 0.25) is 0 Å². The average molecular weight is 325 g/mol. The molecule has 24 heavy (non-hydrogen) atoms. The summed E-state index contributed by atoms with van der Waals surface area (Å²) in [5.74, 6) is -1.56. The Morgan fingerprint density at radius 3 is 2.54 bits per heavy atom. The fraction of sp³-hybridized carbons (Fsp3) is 0.222. The van der Waals surface area contributed by atoms with Crippen LogP contribution in [0, 0.1) is 16.0 Å². The number of ether oxygens (including phenoxy) is 1. The number of nitro benzene ring substituents is 1. The molecule has 2 aromatic carbocycles. The third-order valence-electron chi connectivity index (χ3n) is 4.14. The molecule has 0 saturated carbocycles. The van der Waals surface area contributed by atoms with Crippen molar-refractivity contribution in [3.05, 3.63) is 69.8 Å². The fourth-order valence-electron chi connectivity index (χ4n) is 2.96. The Balaban J connectivity index is 2.06. The lowest BCUT2D eigenvalue weighted by molar-refractivity contribution is -0.385. The maximum atomic E-state index is 12.9. The van der Waals surface area contributed by atoms with Gasteiger partial charge in [-0.15, -0.1) is 0 Å². The monoisotopic (exact) mass is 325 g/mol. The summed E-state index contributed by atoms with van der Waals surface area (Å²) in [6.45, 7) is 1.81. The van der Waals surface area contributed by atoms with E-state index in [1.165, 1.54) is 18.2 Å². The summed E-state index contributed by atoms with van der Waals surface area (Å²) >= 11 is 0. The van der Waals surface area contributed by atoms with Crippen LogP contribution < -0.4 is 4.74 Å². The van der Waals surface area contributed by atoms with Gasteiger partial charge in [-0.1, -0.05) is 31.2 Å². The Labute approximate surface area is 138 Å². The lowest BCUT2D eigenvalue weighted by Gasteiger charge is -2.31. The van der Waals surface area contributed by atoms with E-state index in [1.807, 2.05) is 6.92 Å². The molecule has 0 bridgehead atoms. The first kappa shape index (κ1) is 15.9. The summed E-state index contributed by atoms with van der Waals surface area (Å²) in [6.07, 6.45) is -0.198. The Morgan fingerprint density at radius 2 is 1.83 bits per heavy atom. The number of carbonyl (C=O) groups is 2. The lowest BCUT2D eigenvalue weighted by atomic mass is 9.82. The molecule has 0 aromatic heterocycles. The molecular formula is C18H15NO5. The van der Waals surface area contributed by atoms with Gasteiger partial charge in [0.05, 0.1) is 16.1 Å². The van der Waals surface area contributed by atoms with E-state index in [4.69, 9.17) is 4.74 Å². The zero-order valence-electron chi connectivity index (χ0n) is 13.0. The van der Waals surface area contributed by atoms with E-state index in [9.17, 15) is 19.7 Å². The Bertz CT molecular complexity index is 830. The van der Waals surface area contributed by atoms with E-state index in [1.54, 1.807) is 30.3 Å². The minimum absolute atomic E-state index is 0.0673. The Morgan fingerprint density at radius 1 is 1.17 bits per heavy atom. The van der Waals surface area contributed by atoms with Gasteiger partial charge in [0.25, 0.3) is 5.69 Å². The quantitative estimate of drug-likeness (QED) is 0.372. The van der Waals surface area contributed by atoms with Crippen molar-refractivity contribution < 1.29 is 19.2 Å². The summed E-state index contributed by atoms with van der Waals surface area (Å²) in [6, 6.07) is 12.4. The van der Waals surface area contributed by atoms with Crippen LogP contribution in [0.5, 0.6) is 5.75 Å². The lowest BCUT2D eigenvalue weighted by Crippen LogP contribution is -2.42. The normalized spacial score (nSPS) is 19.3. The highest BCUT2D eigenvalue weighted by Gasteiger charge is 2.42. The summed E-state index contributed by atoms with van der Waals surface area (Å²) in [5, 5.41) is 11.2. The van der Waals surface area contributed by atoms with Gasteiger partial charge in [-0.2, -0.15) is 0 Å². The van der Waals surface area contributed by atoms with Crippen LogP contribution in [0.15, 0.2) is 48.5 Å². The van der Waals surface area contributed by atoms with Crippen LogP contribution in [0.1, 0.15) is 34.1 Å². The minimum atomic E-state index is -1.08. The molecule has 1 aliphatic rings. The van der Waals surface area contributed by atoms with Crippen molar-refractivity contribution in [1.29, 1.82) is 0 Å². The molecule has 122 valence electrons. The number of hydrogen-bond acceptors (Lipinski definition) is 5. The van der Waals surface area contributed by atoms with Crippen molar-refractivity contribution in [2.75, 3.05) is 0 Å². The maximum Gasteiger partial charge on any atom is 0.280 e. The molecule has 1 heterocycles. The van der Waals surface area contributed by atoms with Crippen LogP contribution in [-0.4, -0.2) is 22.6 Å². The Kier molecular flexibility index (Phi) is 4.12. The number of carbonyl (C=O) groups excluding carboxylic acids is 2. The predicted octanol–water partition coefficient (Wildman–Crippen LogP) is 3.45. The maximum absolute atomic E-state index is 12.9. The smallest absolute Gasteiger partial charge is 0.280 e. The molecule has 6 nitrogen and oxygen atoms in total. The average Bonchev–Trinajstić information content (AvgIpc) is 2.61. The van der Waals surface area contributed by atoms with E-state index in [0.29, 0.717) is 17.7 Å². The molecule has 0 fully saturated rings. The van der Waals surface area contributed by atoms with E-state index >= 15 is 0 Å². The van der Waals surface area contributed by atoms with Gasteiger partial charge in [0.15, 0.2) is 11.6 Å². The second kappa shape index (κ2) is 6.23. The highest BCUT2D eigenvalue weighted by Crippen LogP contribution is 2.35. The molecule has 0 aliphatic carbocycles. The molecular weight excluding hydrogens is 310 g/mol. The predicted molar refractivity (Wildman–Crippen MR) is 86.4 cm³/mol. The topological polar surface area (TPSA) is 86.5 Å². The molecule has 0 spiro atoms. The molecule has 0 saturated heterocycles. The molecule has 0 N–H and O–H groups in total. The van der Waals surface area contributed by atoms with Gasteiger partial charge in [-0.25, -0.2) is 0 Å². The standard InChI is InChI=1S/C18H15NO5/c1-2-14-16(18(21)12-8-4-6-10-15(12)24-14)17(20)11-7-3-5-9-13(11)19(22)23/h3-10,14,16H,2H2,1H3/t14-,16+/m1/s1. The summed E-state index contributed by atoms with van der Waals surface area (Å²) in [4.78, 5) is 36.3. The van der Waals surface area contributed by atoms with Gasteiger partial charge in [0, 0.05) is 6.07 Å². The van der Waals surface area contributed by atoms with Gasteiger partial charge >= 0.3 is 0 Å². The van der Waals surface area contributed by atoms with Gasteiger partial charge in [0.2, 0.25) is 0 Å². The third kappa shape index (κ3) is 2.56. The van der Waals surface area contributed by atoms with Crippen molar-refractivity contribution in [2.24, 2.45) is 5.92 Å². The van der Waals surface area contributed by atoms with E-state index in [-0.39, 0.29) is 17.0 Å². The van der Waals surface area contributed by atoms with Crippen LogP contribution in [0.3, 0.4) is 0 Å². The number of nitrogens with zero attached hydrogens (tertiary/aromatic N) is 1. The zero-order valence-corrected chi connectivity index (χ0v) is 13.0. The largest absolute Gasteiger partial charge is 0.488 e. The van der Waals surface area contributed by atoms with Gasteiger partial charge in [0.1, 0.15) is 17.8 Å². The fourth-order valence-corrected chi connectivity index (χ4v) is 2.96. The number of nitro groups is 1. The van der Waals surface area contributed by atoms with Crippen molar-refractivity contribution in [2.45, 2.75) is 19.4 Å². The molecule has 2 atom stereocenters. The number of fused-ring (bicyclic) bond motifs is 1. The molecule has 3 rings (SSSR count). The number of para-hydroxylation sites is 2. The summed E-state index contributed by atoms with van der Waals surface area (Å²) in [5.41, 5.74) is -0.0366. The second-order valence-corrected chi connectivity index (χ2v) is 5.54. The van der Waals surface area contributed by atoms with E-state index in [2.05, 4.69) is 0 Å².